The van der Waals surface area contributed by atoms with Crippen LogP contribution < -0.4 is 10.6 Å². The van der Waals surface area contributed by atoms with Crippen LogP contribution in [0.3, 0.4) is 0 Å². The van der Waals surface area contributed by atoms with Gasteiger partial charge in [-0.3, -0.25) is 19.2 Å². The van der Waals surface area contributed by atoms with E-state index in [0.29, 0.717) is 54.4 Å². The number of benzene rings is 6. The van der Waals surface area contributed by atoms with Crippen LogP contribution >= 0.6 is 0 Å². The lowest BCUT2D eigenvalue weighted by atomic mass is 10.1. The van der Waals surface area contributed by atoms with Gasteiger partial charge in [-0.2, -0.15) is 0 Å². The predicted molar refractivity (Wildman–Crippen MR) is 241 cm³/mol. The average molecular weight is 853 g/mol. The molecule has 12 heteroatoms. The van der Waals surface area contributed by atoms with Crippen LogP contribution in [0, 0.1) is 0 Å². The molecule has 318 valence electrons. The molecule has 0 aliphatic rings. The molecule has 0 saturated heterocycles. The van der Waals surface area contributed by atoms with Crippen LogP contribution in [0.1, 0.15) is 83.0 Å². The fraction of sp³-hybridized carbons (Fsp3) is 0.167. The fourth-order valence-electron chi connectivity index (χ4n) is 4.55. The Morgan fingerprint density at radius 3 is 0.767 bits per heavy atom. The van der Waals surface area contributed by atoms with Crippen LogP contribution in [0.25, 0.3) is 0 Å². The van der Waals surface area contributed by atoms with Crippen LogP contribution in [0.2, 0.25) is 0 Å². The Labute approximate surface area is 356 Å². The van der Waals surface area contributed by atoms with Crippen molar-refractivity contribution in [2.24, 2.45) is 0 Å². The SMILES string of the molecule is CC.CC.CC.CNC(=O)c1ccccc1C=O.CNC(=O)c1ccccc1C=O.O=S(=O)(c1ccccc1)c1ccccc1.O=S(=O)(c1ccccc1)c1ccccc1. The van der Waals surface area contributed by atoms with E-state index in [0.717, 1.165) is 0 Å². The second kappa shape index (κ2) is 30.6. The van der Waals surface area contributed by atoms with Gasteiger partial charge in [-0.25, -0.2) is 16.8 Å². The van der Waals surface area contributed by atoms with E-state index in [4.69, 9.17) is 0 Å². The van der Waals surface area contributed by atoms with E-state index in [1.807, 2.05) is 41.5 Å². The molecule has 0 unspecified atom stereocenters. The Morgan fingerprint density at radius 1 is 0.367 bits per heavy atom. The van der Waals surface area contributed by atoms with Gasteiger partial charge in [-0.1, -0.05) is 151 Å². The maximum absolute atomic E-state index is 12.0. The summed E-state index contributed by atoms with van der Waals surface area (Å²) in [5.41, 5.74) is 1.65. The minimum atomic E-state index is -3.34. The molecular weight excluding hydrogens is 797 g/mol. The molecule has 0 aliphatic carbocycles. The molecule has 0 aromatic heterocycles. The summed E-state index contributed by atoms with van der Waals surface area (Å²) in [6, 6.07) is 47.0. The summed E-state index contributed by atoms with van der Waals surface area (Å²) >= 11 is 0. The summed E-state index contributed by atoms with van der Waals surface area (Å²) in [6.45, 7) is 12.0. The number of carbonyl (C=O) groups is 4. The van der Waals surface area contributed by atoms with Gasteiger partial charge in [0.25, 0.3) is 11.8 Å². The molecule has 0 aliphatic heterocycles. The van der Waals surface area contributed by atoms with Gasteiger partial charge in [0.05, 0.1) is 19.6 Å². The number of amides is 2. The van der Waals surface area contributed by atoms with Gasteiger partial charge in [0, 0.05) is 36.3 Å². The molecule has 0 radical (unpaired) electrons. The quantitative estimate of drug-likeness (QED) is 0.143. The van der Waals surface area contributed by atoms with E-state index in [-0.39, 0.29) is 11.8 Å². The highest BCUT2D eigenvalue weighted by Crippen LogP contribution is 2.20. The minimum absolute atomic E-state index is 0.238. The Kier molecular flexibility index (Phi) is 27.3. The van der Waals surface area contributed by atoms with Crippen molar-refractivity contribution in [1.82, 2.24) is 10.6 Å². The van der Waals surface area contributed by atoms with Crippen molar-refractivity contribution in [3.63, 3.8) is 0 Å². The Hall–Kier alpha value is -6.50. The Balaban J connectivity index is 0.000000745. The van der Waals surface area contributed by atoms with Crippen LogP contribution in [0.4, 0.5) is 0 Å². The summed E-state index contributed by atoms with van der Waals surface area (Å²) in [6.07, 6.45) is 1.34. The molecule has 0 atom stereocenters. The normalized spacial score (nSPS) is 9.53. The second-order valence-electron chi connectivity index (χ2n) is 10.8. The molecule has 0 saturated carbocycles. The molecule has 10 nitrogen and oxygen atoms in total. The van der Waals surface area contributed by atoms with Crippen LogP contribution in [-0.2, 0) is 19.7 Å². The molecule has 0 bridgehead atoms. The van der Waals surface area contributed by atoms with Crippen LogP contribution in [0.5, 0.6) is 0 Å². The van der Waals surface area contributed by atoms with E-state index < -0.39 is 19.7 Å². The molecule has 6 aromatic rings. The molecular formula is C48H56N2O8S2. The molecule has 2 amide bonds. The lowest BCUT2D eigenvalue weighted by Gasteiger charge is -2.03. The summed E-state index contributed by atoms with van der Waals surface area (Å²) in [5, 5.41) is 4.92. The molecule has 0 fully saturated rings. The first-order chi connectivity index (χ1) is 29.0. The van der Waals surface area contributed by atoms with E-state index in [1.165, 1.54) is 14.1 Å². The molecule has 60 heavy (non-hydrogen) atoms. The Morgan fingerprint density at radius 2 is 0.567 bits per heavy atom. The summed E-state index contributed by atoms with van der Waals surface area (Å²) in [4.78, 5) is 44.5. The Bertz CT molecular complexity index is 2080. The second-order valence-corrected chi connectivity index (χ2v) is 14.7. The van der Waals surface area contributed by atoms with Crippen molar-refractivity contribution >= 4 is 44.1 Å². The van der Waals surface area contributed by atoms with Gasteiger partial charge in [-0.15, -0.1) is 0 Å². The highest BCUT2D eigenvalue weighted by molar-refractivity contribution is 7.91. The topological polar surface area (TPSA) is 161 Å². The molecule has 2 N–H and O–H groups in total. The smallest absolute Gasteiger partial charge is 0.251 e. The standard InChI is InChI=1S/2C12H10O2S.2C9H9NO2.3C2H6/c2*13-15(14,11-7-3-1-4-8-11)12-9-5-2-6-10-12;2*1-10-9(12)8-5-3-2-4-7(8)6-11;3*1-2/h2*1-10H;2*2-6H,1H3,(H,10,12);3*1-2H3. The van der Waals surface area contributed by atoms with E-state index >= 15 is 0 Å². The maximum atomic E-state index is 12.0. The zero-order valence-electron chi connectivity index (χ0n) is 35.4. The predicted octanol–water partition coefficient (Wildman–Crippen LogP) is 9.83. The molecule has 6 aromatic carbocycles. The van der Waals surface area contributed by atoms with Crippen molar-refractivity contribution < 1.29 is 36.0 Å². The average Bonchev–Trinajstić information content (AvgIpc) is 3.34. The molecule has 6 rings (SSSR count). The number of nitrogens with one attached hydrogen (secondary N) is 2. The highest BCUT2D eigenvalue weighted by Gasteiger charge is 2.17. The van der Waals surface area contributed by atoms with E-state index in [1.54, 1.807) is 170 Å². The lowest BCUT2D eigenvalue weighted by molar-refractivity contribution is 0.0951. The largest absolute Gasteiger partial charge is 0.355 e. The van der Waals surface area contributed by atoms with Gasteiger partial charge in [-0.05, 0) is 60.7 Å². The third-order valence-electron chi connectivity index (χ3n) is 7.33. The third kappa shape index (κ3) is 17.2. The zero-order valence-corrected chi connectivity index (χ0v) is 37.0. The van der Waals surface area contributed by atoms with Gasteiger partial charge < -0.3 is 10.6 Å². The first-order valence-electron chi connectivity index (χ1n) is 19.2. The number of rotatable bonds is 8. The van der Waals surface area contributed by atoms with Crippen LogP contribution in [0.15, 0.2) is 189 Å². The number of hydrogen-bond donors (Lipinski definition) is 2. The summed E-state index contributed by atoms with van der Waals surface area (Å²) in [5.74, 6) is -0.476. The van der Waals surface area contributed by atoms with E-state index in [2.05, 4.69) is 10.6 Å². The van der Waals surface area contributed by atoms with Crippen molar-refractivity contribution in [3.05, 3.63) is 192 Å². The van der Waals surface area contributed by atoms with E-state index in [9.17, 15) is 36.0 Å². The highest BCUT2D eigenvalue weighted by atomic mass is 32.2. The molecule has 0 heterocycles. The monoisotopic (exact) mass is 852 g/mol. The number of sulfone groups is 2. The number of hydrogen-bond acceptors (Lipinski definition) is 8. The number of aldehydes is 2. The molecule has 0 spiro atoms. The first kappa shape index (κ1) is 53.5. The minimum Gasteiger partial charge on any atom is -0.355 e. The summed E-state index contributed by atoms with van der Waals surface area (Å²) < 4.78 is 48.1. The van der Waals surface area contributed by atoms with Gasteiger partial charge in [0.2, 0.25) is 19.7 Å². The van der Waals surface area contributed by atoms with Crippen molar-refractivity contribution in [2.45, 2.75) is 61.1 Å². The van der Waals surface area contributed by atoms with Gasteiger partial charge >= 0.3 is 0 Å². The van der Waals surface area contributed by atoms with Crippen molar-refractivity contribution in [1.29, 1.82) is 0 Å². The van der Waals surface area contributed by atoms with Gasteiger partial charge in [0.1, 0.15) is 0 Å². The summed E-state index contributed by atoms with van der Waals surface area (Å²) in [7, 11) is -3.61. The maximum Gasteiger partial charge on any atom is 0.251 e. The lowest BCUT2D eigenvalue weighted by Crippen LogP contribution is -2.19. The van der Waals surface area contributed by atoms with Gasteiger partial charge in [0.15, 0.2) is 12.6 Å². The van der Waals surface area contributed by atoms with Crippen molar-refractivity contribution in [2.75, 3.05) is 14.1 Å². The first-order valence-corrected chi connectivity index (χ1v) is 22.2. The zero-order chi connectivity index (χ0) is 45.4. The van der Waals surface area contributed by atoms with Crippen molar-refractivity contribution in [3.8, 4) is 0 Å². The number of carbonyl (C=O) groups excluding carboxylic acids is 4. The third-order valence-corrected chi connectivity index (χ3v) is 10.9. The van der Waals surface area contributed by atoms with Crippen LogP contribution in [-0.4, -0.2) is 55.3 Å². The fourth-order valence-corrected chi connectivity index (χ4v) is 7.16.